The van der Waals surface area contributed by atoms with Gasteiger partial charge in [-0.25, -0.2) is 4.98 Å². The SMILES string of the molecule is CC(C)Cn1ccnc1NC(C)c1ccccc1Cl. The van der Waals surface area contributed by atoms with Gasteiger partial charge >= 0.3 is 0 Å². The number of benzene rings is 1. The first-order chi connectivity index (χ1) is 9.08. The van der Waals surface area contributed by atoms with E-state index in [0.29, 0.717) is 5.92 Å². The van der Waals surface area contributed by atoms with Gasteiger partial charge in [-0.05, 0) is 24.5 Å². The van der Waals surface area contributed by atoms with E-state index in [4.69, 9.17) is 11.6 Å². The second-order valence-corrected chi connectivity index (χ2v) is 5.59. The van der Waals surface area contributed by atoms with Crippen LogP contribution in [0.2, 0.25) is 5.02 Å². The van der Waals surface area contributed by atoms with Crippen molar-refractivity contribution in [3.8, 4) is 0 Å². The Morgan fingerprint density at radius 3 is 2.68 bits per heavy atom. The minimum atomic E-state index is 0.127. The molecule has 0 spiro atoms. The first-order valence-electron chi connectivity index (χ1n) is 6.60. The molecule has 2 aromatic rings. The van der Waals surface area contributed by atoms with Gasteiger partial charge in [-0.3, -0.25) is 0 Å². The van der Waals surface area contributed by atoms with Crippen LogP contribution in [-0.2, 0) is 6.54 Å². The summed E-state index contributed by atoms with van der Waals surface area (Å²) in [6.07, 6.45) is 3.83. The largest absolute Gasteiger partial charge is 0.349 e. The van der Waals surface area contributed by atoms with E-state index < -0.39 is 0 Å². The number of nitrogens with one attached hydrogen (secondary N) is 1. The summed E-state index contributed by atoms with van der Waals surface area (Å²) >= 11 is 6.22. The van der Waals surface area contributed by atoms with Crippen molar-refractivity contribution in [1.29, 1.82) is 0 Å². The molecule has 0 aliphatic heterocycles. The number of nitrogens with zero attached hydrogens (tertiary/aromatic N) is 2. The molecule has 1 heterocycles. The quantitative estimate of drug-likeness (QED) is 0.880. The summed E-state index contributed by atoms with van der Waals surface area (Å²) in [6.45, 7) is 7.44. The van der Waals surface area contributed by atoms with E-state index in [0.717, 1.165) is 23.1 Å². The molecule has 19 heavy (non-hydrogen) atoms. The fourth-order valence-corrected chi connectivity index (χ4v) is 2.39. The van der Waals surface area contributed by atoms with E-state index in [1.807, 2.05) is 36.7 Å². The lowest BCUT2D eigenvalue weighted by Gasteiger charge is -2.18. The Balaban J connectivity index is 2.13. The van der Waals surface area contributed by atoms with Gasteiger partial charge in [0.1, 0.15) is 0 Å². The third kappa shape index (κ3) is 3.51. The monoisotopic (exact) mass is 277 g/mol. The van der Waals surface area contributed by atoms with Crippen LogP contribution in [0.3, 0.4) is 0 Å². The Hall–Kier alpha value is -1.48. The van der Waals surface area contributed by atoms with E-state index in [1.165, 1.54) is 0 Å². The fraction of sp³-hybridized carbons (Fsp3) is 0.400. The average Bonchev–Trinajstić information content (AvgIpc) is 2.76. The maximum atomic E-state index is 6.22. The summed E-state index contributed by atoms with van der Waals surface area (Å²) in [5.74, 6) is 1.48. The average molecular weight is 278 g/mol. The Morgan fingerprint density at radius 2 is 2.00 bits per heavy atom. The number of hydrogen-bond donors (Lipinski definition) is 1. The number of halogens is 1. The van der Waals surface area contributed by atoms with Crippen molar-refractivity contribution in [1.82, 2.24) is 9.55 Å². The van der Waals surface area contributed by atoms with Crippen LogP contribution >= 0.6 is 11.6 Å². The Labute approximate surface area is 119 Å². The molecule has 1 atom stereocenters. The van der Waals surface area contributed by atoms with Gasteiger partial charge in [-0.2, -0.15) is 0 Å². The minimum absolute atomic E-state index is 0.127. The predicted molar refractivity (Wildman–Crippen MR) is 80.6 cm³/mol. The van der Waals surface area contributed by atoms with Gasteiger partial charge in [0, 0.05) is 24.0 Å². The molecule has 3 nitrogen and oxygen atoms in total. The van der Waals surface area contributed by atoms with E-state index in [1.54, 1.807) is 0 Å². The van der Waals surface area contributed by atoms with Crippen molar-refractivity contribution in [2.45, 2.75) is 33.4 Å². The number of rotatable bonds is 5. The number of hydrogen-bond acceptors (Lipinski definition) is 2. The maximum Gasteiger partial charge on any atom is 0.203 e. The van der Waals surface area contributed by atoms with Crippen LogP contribution < -0.4 is 5.32 Å². The van der Waals surface area contributed by atoms with Gasteiger partial charge in [-0.15, -0.1) is 0 Å². The second-order valence-electron chi connectivity index (χ2n) is 5.18. The fourth-order valence-electron chi connectivity index (χ4n) is 2.09. The van der Waals surface area contributed by atoms with Crippen molar-refractivity contribution in [3.05, 3.63) is 47.2 Å². The molecule has 1 aromatic carbocycles. The highest BCUT2D eigenvalue weighted by Crippen LogP contribution is 2.25. The highest BCUT2D eigenvalue weighted by atomic mass is 35.5. The lowest BCUT2D eigenvalue weighted by molar-refractivity contribution is 0.524. The normalized spacial score (nSPS) is 12.7. The highest BCUT2D eigenvalue weighted by Gasteiger charge is 2.12. The van der Waals surface area contributed by atoms with Crippen molar-refractivity contribution < 1.29 is 0 Å². The number of anilines is 1. The summed E-state index contributed by atoms with van der Waals surface area (Å²) < 4.78 is 2.14. The van der Waals surface area contributed by atoms with Gasteiger partial charge < -0.3 is 9.88 Å². The van der Waals surface area contributed by atoms with Crippen molar-refractivity contribution in [3.63, 3.8) is 0 Å². The van der Waals surface area contributed by atoms with Gasteiger partial charge in [-0.1, -0.05) is 43.6 Å². The van der Waals surface area contributed by atoms with Gasteiger partial charge in [0.2, 0.25) is 5.95 Å². The van der Waals surface area contributed by atoms with Crippen LogP contribution in [0.5, 0.6) is 0 Å². The zero-order chi connectivity index (χ0) is 13.8. The third-order valence-corrected chi connectivity index (χ3v) is 3.34. The molecule has 0 aliphatic rings. The summed E-state index contributed by atoms with van der Waals surface area (Å²) in [7, 11) is 0. The summed E-state index contributed by atoms with van der Waals surface area (Å²) in [5.41, 5.74) is 1.09. The molecule has 0 fully saturated rings. The molecule has 0 bridgehead atoms. The van der Waals surface area contributed by atoms with Crippen LogP contribution in [0.1, 0.15) is 32.4 Å². The van der Waals surface area contributed by atoms with Crippen molar-refractivity contribution in [2.24, 2.45) is 5.92 Å². The highest BCUT2D eigenvalue weighted by molar-refractivity contribution is 6.31. The van der Waals surface area contributed by atoms with Crippen LogP contribution in [0, 0.1) is 5.92 Å². The topological polar surface area (TPSA) is 29.9 Å². The molecule has 102 valence electrons. The standard InChI is InChI=1S/C15H20ClN3/c1-11(2)10-19-9-8-17-15(19)18-12(3)13-6-4-5-7-14(13)16/h4-9,11-12H,10H2,1-3H3,(H,17,18). The first kappa shape index (κ1) is 13.9. The molecule has 0 radical (unpaired) electrons. The summed E-state index contributed by atoms with van der Waals surface area (Å²) in [5, 5.41) is 4.20. The van der Waals surface area contributed by atoms with E-state index in [2.05, 4.69) is 35.6 Å². The minimum Gasteiger partial charge on any atom is -0.349 e. The lowest BCUT2D eigenvalue weighted by Crippen LogP contribution is -2.13. The molecule has 0 aliphatic carbocycles. The molecule has 1 aromatic heterocycles. The Kier molecular flexibility index (Phi) is 4.48. The van der Waals surface area contributed by atoms with Crippen LogP contribution in [0.4, 0.5) is 5.95 Å². The van der Waals surface area contributed by atoms with Crippen LogP contribution in [-0.4, -0.2) is 9.55 Å². The van der Waals surface area contributed by atoms with Crippen LogP contribution in [0.15, 0.2) is 36.7 Å². The molecule has 4 heteroatoms. The second kappa shape index (κ2) is 6.11. The lowest BCUT2D eigenvalue weighted by atomic mass is 10.1. The third-order valence-electron chi connectivity index (χ3n) is 2.99. The Morgan fingerprint density at radius 1 is 1.26 bits per heavy atom. The summed E-state index contributed by atoms with van der Waals surface area (Å²) in [4.78, 5) is 4.37. The molecule has 0 saturated carbocycles. The number of imidazole rings is 1. The molecule has 0 saturated heterocycles. The predicted octanol–water partition coefficient (Wildman–Crippen LogP) is 4.37. The van der Waals surface area contributed by atoms with E-state index >= 15 is 0 Å². The van der Waals surface area contributed by atoms with Gasteiger partial charge in [0.25, 0.3) is 0 Å². The molecule has 2 rings (SSSR count). The Bertz CT molecular complexity index is 534. The van der Waals surface area contributed by atoms with Crippen LogP contribution in [0.25, 0.3) is 0 Å². The molecular weight excluding hydrogens is 258 g/mol. The smallest absolute Gasteiger partial charge is 0.203 e. The van der Waals surface area contributed by atoms with Gasteiger partial charge in [0.15, 0.2) is 0 Å². The molecular formula is C15H20ClN3. The zero-order valence-electron chi connectivity index (χ0n) is 11.6. The molecule has 1 unspecified atom stereocenters. The summed E-state index contributed by atoms with van der Waals surface area (Å²) in [6, 6.07) is 8.02. The maximum absolute atomic E-state index is 6.22. The molecule has 1 N–H and O–H groups in total. The molecule has 0 amide bonds. The van der Waals surface area contributed by atoms with E-state index in [-0.39, 0.29) is 6.04 Å². The number of aromatic nitrogens is 2. The van der Waals surface area contributed by atoms with Gasteiger partial charge in [0.05, 0.1) is 6.04 Å². The van der Waals surface area contributed by atoms with E-state index in [9.17, 15) is 0 Å². The first-order valence-corrected chi connectivity index (χ1v) is 6.98. The zero-order valence-corrected chi connectivity index (χ0v) is 12.4. The van der Waals surface area contributed by atoms with Crippen molar-refractivity contribution in [2.75, 3.05) is 5.32 Å². The van der Waals surface area contributed by atoms with Crippen molar-refractivity contribution >= 4 is 17.5 Å².